The van der Waals surface area contributed by atoms with Crippen LogP contribution in [-0.4, -0.2) is 54.8 Å². The van der Waals surface area contributed by atoms with Crippen molar-refractivity contribution in [2.24, 2.45) is 0 Å². The summed E-state index contributed by atoms with van der Waals surface area (Å²) in [5.74, 6) is 1.17. The highest BCUT2D eigenvalue weighted by Crippen LogP contribution is 2.25. The Morgan fingerprint density at radius 3 is 2.74 bits per heavy atom. The molecule has 2 aromatic carbocycles. The van der Waals surface area contributed by atoms with Crippen LogP contribution < -0.4 is 15.0 Å². The van der Waals surface area contributed by atoms with Gasteiger partial charge in [0.15, 0.2) is 5.82 Å². The van der Waals surface area contributed by atoms with Crippen molar-refractivity contribution in [1.82, 2.24) is 9.78 Å². The summed E-state index contributed by atoms with van der Waals surface area (Å²) in [5.41, 5.74) is 2.87. The molecule has 1 atom stereocenters. The van der Waals surface area contributed by atoms with E-state index in [0.717, 1.165) is 55.4 Å². The monoisotopic (exact) mass is 499 g/mol. The van der Waals surface area contributed by atoms with E-state index in [0.29, 0.717) is 24.0 Å². The van der Waals surface area contributed by atoms with E-state index in [2.05, 4.69) is 10.4 Å². The average Bonchev–Trinajstić information content (AvgIpc) is 3.17. The van der Waals surface area contributed by atoms with Crippen LogP contribution in [0, 0.1) is 6.92 Å². The van der Waals surface area contributed by atoms with Gasteiger partial charge in [0.1, 0.15) is 38.1 Å². The number of carbonyl (C=O) groups excluding carboxylic acids is 1. The van der Waals surface area contributed by atoms with E-state index in [1.54, 1.807) is 4.68 Å². The first-order valence-electron chi connectivity index (χ1n) is 11.8. The molecule has 9 heteroatoms. The first-order valence-corrected chi connectivity index (χ1v) is 12.2. The van der Waals surface area contributed by atoms with Crippen molar-refractivity contribution >= 4 is 23.5 Å². The van der Waals surface area contributed by atoms with Gasteiger partial charge >= 0.3 is 6.09 Å². The third-order valence-electron chi connectivity index (χ3n) is 5.88. The number of nitrogens with zero attached hydrogens (tertiary/aromatic N) is 2. The molecule has 2 N–H and O–H groups in total. The Labute approximate surface area is 210 Å². The lowest BCUT2D eigenvalue weighted by Gasteiger charge is -2.26. The molecule has 0 bridgehead atoms. The van der Waals surface area contributed by atoms with E-state index in [4.69, 9.17) is 25.8 Å². The molecule has 0 saturated carbocycles. The molecule has 8 nitrogen and oxygen atoms in total. The second-order valence-electron chi connectivity index (χ2n) is 8.76. The Kier molecular flexibility index (Phi) is 8.63. The highest BCUT2D eigenvalue weighted by Gasteiger charge is 2.20. The van der Waals surface area contributed by atoms with Crippen LogP contribution in [0.5, 0.6) is 5.75 Å². The molecule has 186 valence electrons. The summed E-state index contributed by atoms with van der Waals surface area (Å²) in [6.07, 6.45) is -0.716. The van der Waals surface area contributed by atoms with Gasteiger partial charge in [0, 0.05) is 22.3 Å². The highest BCUT2D eigenvalue weighted by molar-refractivity contribution is 6.30. The van der Waals surface area contributed by atoms with E-state index >= 15 is 0 Å². The molecule has 0 radical (unpaired) electrons. The van der Waals surface area contributed by atoms with Gasteiger partial charge in [-0.25, -0.2) is 4.79 Å². The Bertz CT molecular complexity index is 1120. The second-order valence-corrected chi connectivity index (χ2v) is 9.20. The lowest BCUT2D eigenvalue weighted by Crippen LogP contribution is -3.15. The molecule has 1 amide bonds. The van der Waals surface area contributed by atoms with Crippen molar-refractivity contribution in [3.05, 3.63) is 76.4 Å². The molecular formula is C26H32ClN4O4+. The van der Waals surface area contributed by atoms with Gasteiger partial charge in [-0.3, -0.25) is 10.00 Å². The minimum absolute atomic E-state index is 0.206. The minimum atomic E-state index is -0.510. The first-order chi connectivity index (χ1) is 17.0. The van der Waals surface area contributed by atoms with Crippen LogP contribution in [0.3, 0.4) is 0 Å². The number of hydrogen-bond donors (Lipinski definition) is 2. The van der Waals surface area contributed by atoms with Crippen LogP contribution in [0.1, 0.15) is 23.7 Å². The lowest BCUT2D eigenvalue weighted by molar-refractivity contribution is -0.910. The SMILES string of the molecule is Cc1cc(NC(=O)OC(C)C[NH+]2CCOCC2)nn1Cc1cc(Cl)ccc1OCc1ccccc1. The number of amides is 1. The molecular weight excluding hydrogens is 468 g/mol. The maximum atomic E-state index is 12.4. The normalized spacial score (nSPS) is 14.9. The van der Waals surface area contributed by atoms with E-state index in [-0.39, 0.29) is 6.10 Å². The molecule has 0 spiro atoms. The number of hydrogen-bond acceptors (Lipinski definition) is 5. The molecule has 1 aromatic heterocycles. The predicted octanol–water partition coefficient (Wildman–Crippen LogP) is 3.32. The number of morpholine rings is 1. The van der Waals surface area contributed by atoms with Crippen molar-refractivity contribution in [3.8, 4) is 5.75 Å². The van der Waals surface area contributed by atoms with Crippen molar-refractivity contribution in [1.29, 1.82) is 0 Å². The summed E-state index contributed by atoms with van der Waals surface area (Å²) in [6.45, 7) is 8.85. The topological polar surface area (TPSA) is 79.0 Å². The van der Waals surface area contributed by atoms with E-state index in [1.165, 1.54) is 4.90 Å². The zero-order valence-electron chi connectivity index (χ0n) is 20.1. The molecule has 35 heavy (non-hydrogen) atoms. The summed E-state index contributed by atoms with van der Waals surface area (Å²) < 4.78 is 18.8. The van der Waals surface area contributed by atoms with Gasteiger partial charge < -0.3 is 19.1 Å². The van der Waals surface area contributed by atoms with Gasteiger partial charge in [-0.15, -0.1) is 0 Å². The number of aryl methyl sites for hydroxylation is 1. The molecule has 4 rings (SSSR count). The van der Waals surface area contributed by atoms with Gasteiger partial charge in [-0.05, 0) is 37.6 Å². The van der Waals surface area contributed by atoms with Gasteiger partial charge in [0.05, 0.1) is 19.8 Å². The quantitative estimate of drug-likeness (QED) is 0.472. The van der Waals surface area contributed by atoms with Crippen molar-refractivity contribution < 1.29 is 23.9 Å². The number of rotatable bonds is 9. The summed E-state index contributed by atoms with van der Waals surface area (Å²) in [5, 5.41) is 7.91. The van der Waals surface area contributed by atoms with Crippen molar-refractivity contribution in [2.45, 2.75) is 33.1 Å². The van der Waals surface area contributed by atoms with E-state index in [1.807, 2.05) is 68.4 Å². The number of halogens is 1. The fourth-order valence-corrected chi connectivity index (χ4v) is 4.26. The maximum Gasteiger partial charge on any atom is 0.413 e. The average molecular weight is 500 g/mol. The summed E-state index contributed by atoms with van der Waals surface area (Å²) in [7, 11) is 0. The third kappa shape index (κ3) is 7.45. The summed E-state index contributed by atoms with van der Waals surface area (Å²) >= 11 is 6.26. The summed E-state index contributed by atoms with van der Waals surface area (Å²) in [4.78, 5) is 13.8. The fourth-order valence-electron chi connectivity index (χ4n) is 4.07. The first kappa shape index (κ1) is 25.0. The Hall–Kier alpha value is -3.07. The largest absolute Gasteiger partial charge is 0.489 e. The zero-order chi connectivity index (χ0) is 24.6. The Morgan fingerprint density at radius 1 is 1.20 bits per heavy atom. The minimum Gasteiger partial charge on any atom is -0.489 e. The molecule has 1 aliphatic heterocycles. The predicted molar refractivity (Wildman–Crippen MR) is 134 cm³/mol. The van der Waals surface area contributed by atoms with Crippen LogP contribution in [0.25, 0.3) is 0 Å². The molecule has 1 fully saturated rings. The second kappa shape index (κ2) is 12.1. The van der Waals surface area contributed by atoms with Gasteiger partial charge in [-0.1, -0.05) is 41.9 Å². The third-order valence-corrected chi connectivity index (χ3v) is 6.11. The number of anilines is 1. The number of aromatic nitrogens is 2. The van der Waals surface area contributed by atoms with Gasteiger partial charge in [0.2, 0.25) is 0 Å². The fraction of sp³-hybridized carbons (Fsp3) is 0.385. The molecule has 1 aliphatic rings. The molecule has 0 aliphatic carbocycles. The molecule has 3 aromatic rings. The highest BCUT2D eigenvalue weighted by atomic mass is 35.5. The number of nitrogens with one attached hydrogen (secondary N) is 2. The van der Waals surface area contributed by atoms with Gasteiger partial charge in [-0.2, -0.15) is 5.10 Å². The number of ether oxygens (including phenoxy) is 3. The van der Waals surface area contributed by atoms with Crippen LogP contribution in [0.2, 0.25) is 5.02 Å². The zero-order valence-corrected chi connectivity index (χ0v) is 20.9. The number of benzene rings is 2. The standard InChI is InChI=1S/C26H31ClN4O4/c1-19-14-25(28-26(32)35-20(2)16-30-10-12-33-13-11-30)29-31(19)17-22-15-23(27)8-9-24(22)34-18-21-6-4-3-5-7-21/h3-9,14-15,20H,10-13,16-18H2,1-2H3,(H,28,29,32)/p+1. The van der Waals surface area contributed by atoms with Crippen LogP contribution in [-0.2, 0) is 22.6 Å². The van der Waals surface area contributed by atoms with E-state index in [9.17, 15) is 4.79 Å². The maximum absolute atomic E-state index is 12.4. The van der Waals surface area contributed by atoms with Crippen LogP contribution >= 0.6 is 11.6 Å². The van der Waals surface area contributed by atoms with E-state index < -0.39 is 6.09 Å². The number of quaternary nitrogens is 1. The smallest absolute Gasteiger partial charge is 0.413 e. The van der Waals surface area contributed by atoms with Crippen molar-refractivity contribution in [3.63, 3.8) is 0 Å². The van der Waals surface area contributed by atoms with Crippen LogP contribution in [0.15, 0.2) is 54.6 Å². The van der Waals surface area contributed by atoms with Gasteiger partial charge in [0.25, 0.3) is 0 Å². The summed E-state index contributed by atoms with van der Waals surface area (Å²) in [6, 6.07) is 17.4. The van der Waals surface area contributed by atoms with Crippen LogP contribution in [0.4, 0.5) is 10.6 Å². The lowest BCUT2D eigenvalue weighted by atomic mass is 10.2. The molecule has 1 unspecified atom stereocenters. The van der Waals surface area contributed by atoms with Crippen molar-refractivity contribution in [2.75, 3.05) is 38.2 Å². The Balaban J connectivity index is 1.36. The Morgan fingerprint density at radius 2 is 1.97 bits per heavy atom. The molecule has 1 saturated heterocycles. The molecule has 2 heterocycles. The number of carbonyl (C=O) groups is 1.